The Morgan fingerprint density at radius 3 is 2.00 bits per heavy atom. The SMILES string of the molecule is S=C(S)N1CCCCC1.[Zn]. The van der Waals surface area contributed by atoms with Gasteiger partial charge < -0.3 is 4.90 Å². The molecule has 0 aromatic heterocycles. The third-order valence-corrected chi connectivity index (χ3v) is 2.17. The Labute approximate surface area is 85.7 Å². The second kappa shape index (κ2) is 5.51. The van der Waals surface area contributed by atoms with Crippen molar-refractivity contribution in [2.75, 3.05) is 13.1 Å². The number of hydrogen-bond donors (Lipinski definition) is 1. The number of thiol groups is 1. The number of nitrogens with zero attached hydrogens (tertiary/aromatic N) is 1. The van der Waals surface area contributed by atoms with Gasteiger partial charge in [0.1, 0.15) is 4.32 Å². The van der Waals surface area contributed by atoms with E-state index in [-0.39, 0.29) is 19.5 Å². The molecule has 1 nitrogen and oxygen atoms in total. The zero-order valence-corrected chi connectivity index (χ0v) is 10.7. The second-order valence-corrected chi connectivity index (χ2v) is 3.44. The third-order valence-electron chi connectivity index (χ3n) is 1.63. The molecule has 0 bridgehead atoms. The predicted octanol–water partition coefficient (Wildman–Crippen LogP) is 1.68. The summed E-state index contributed by atoms with van der Waals surface area (Å²) in [6, 6.07) is 0. The molecule has 0 aliphatic carbocycles. The summed E-state index contributed by atoms with van der Waals surface area (Å²) >= 11 is 9.00. The molecule has 1 heterocycles. The molecule has 10 heavy (non-hydrogen) atoms. The van der Waals surface area contributed by atoms with Gasteiger partial charge in [-0.1, -0.05) is 12.2 Å². The summed E-state index contributed by atoms with van der Waals surface area (Å²) in [5, 5.41) is 0. The first-order valence-electron chi connectivity index (χ1n) is 3.28. The van der Waals surface area contributed by atoms with E-state index in [1.165, 1.54) is 19.3 Å². The minimum absolute atomic E-state index is 0. The molecule has 54 valence electrons. The number of piperidine rings is 1. The van der Waals surface area contributed by atoms with Gasteiger partial charge in [0.05, 0.1) is 0 Å². The van der Waals surface area contributed by atoms with E-state index in [1.54, 1.807) is 0 Å². The molecule has 0 aromatic carbocycles. The van der Waals surface area contributed by atoms with Crippen LogP contribution in [0.3, 0.4) is 0 Å². The fourth-order valence-corrected chi connectivity index (χ4v) is 1.47. The zero-order chi connectivity index (χ0) is 6.69. The quantitative estimate of drug-likeness (QED) is 0.380. The minimum atomic E-state index is 0. The summed E-state index contributed by atoms with van der Waals surface area (Å²) in [6.45, 7) is 2.23. The largest absolute Gasteiger partial charge is 0.358 e. The Morgan fingerprint density at radius 1 is 1.20 bits per heavy atom. The average molecular weight is 227 g/mol. The van der Waals surface area contributed by atoms with E-state index in [9.17, 15) is 0 Å². The number of thiocarbonyl (C=S) groups is 1. The van der Waals surface area contributed by atoms with Gasteiger partial charge in [-0.25, -0.2) is 0 Å². The van der Waals surface area contributed by atoms with E-state index in [2.05, 4.69) is 17.5 Å². The molecule has 0 aromatic rings. The smallest absolute Gasteiger partial charge is 0.133 e. The van der Waals surface area contributed by atoms with Crippen LogP contribution in [-0.4, -0.2) is 22.3 Å². The van der Waals surface area contributed by atoms with Crippen molar-refractivity contribution in [1.82, 2.24) is 4.90 Å². The predicted molar refractivity (Wildman–Crippen MR) is 47.0 cm³/mol. The van der Waals surface area contributed by atoms with E-state index in [0.717, 1.165) is 17.4 Å². The van der Waals surface area contributed by atoms with Crippen molar-refractivity contribution in [1.29, 1.82) is 0 Å². The van der Waals surface area contributed by atoms with E-state index >= 15 is 0 Å². The van der Waals surface area contributed by atoms with E-state index in [0.29, 0.717) is 0 Å². The molecule has 0 spiro atoms. The Hall–Kier alpha value is 0.863. The first kappa shape index (κ1) is 10.9. The Morgan fingerprint density at radius 2 is 1.70 bits per heavy atom. The Bertz CT molecular complexity index is 112. The third kappa shape index (κ3) is 3.31. The molecule has 1 aliphatic heterocycles. The molecule has 0 amide bonds. The van der Waals surface area contributed by atoms with Gasteiger partial charge in [0.15, 0.2) is 0 Å². The zero-order valence-electron chi connectivity index (χ0n) is 6.05. The molecule has 0 N–H and O–H groups in total. The molecule has 1 saturated heterocycles. The summed E-state index contributed by atoms with van der Waals surface area (Å²) in [5.41, 5.74) is 0. The maximum atomic E-state index is 4.91. The van der Waals surface area contributed by atoms with Crippen molar-refractivity contribution in [3.05, 3.63) is 0 Å². The molecule has 1 rings (SSSR count). The molecule has 0 unspecified atom stereocenters. The van der Waals surface area contributed by atoms with E-state index < -0.39 is 0 Å². The van der Waals surface area contributed by atoms with Crippen molar-refractivity contribution >= 4 is 29.2 Å². The molecule has 0 saturated carbocycles. The van der Waals surface area contributed by atoms with Crippen molar-refractivity contribution in [2.24, 2.45) is 0 Å². The fourth-order valence-electron chi connectivity index (χ4n) is 1.09. The van der Waals surface area contributed by atoms with Crippen LogP contribution in [0.1, 0.15) is 19.3 Å². The van der Waals surface area contributed by atoms with Crippen LogP contribution in [-0.2, 0) is 19.5 Å². The summed E-state index contributed by atoms with van der Waals surface area (Å²) in [5.74, 6) is 0. The van der Waals surface area contributed by atoms with Crippen LogP contribution in [0.2, 0.25) is 0 Å². The van der Waals surface area contributed by atoms with Crippen molar-refractivity contribution in [3.8, 4) is 0 Å². The molecule has 1 fully saturated rings. The average Bonchev–Trinajstić information content (AvgIpc) is 1.90. The topological polar surface area (TPSA) is 3.24 Å². The molecular weight excluding hydrogens is 216 g/mol. The van der Waals surface area contributed by atoms with Crippen molar-refractivity contribution < 1.29 is 19.5 Å². The van der Waals surface area contributed by atoms with Crippen LogP contribution in [0.5, 0.6) is 0 Å². The van der Waals surface area contributed by atoms with Crippen LogP contribution in [0, 0.1) is 0 Å². The van der Waals surface area contributed by atoms with Crippen molar-refractivity contribution in [3.63, 3.8) is 0 Å². The Balaban J connectivity index is 0.000000810. The summed E-state index contributed by atoms with van der Waals surface area (Å²) in [7, 11) is 0. The summed E-state index contributed by atoms with van der Waals surface area (Å²) < 4.78 is 0.759. The van der Waals surface area contributed by atoms with Crippen LogP contribution in [0.4, 0.5) is 0 Å². The van der Waals surface area contributed by atoms with Gasteiger partial charge in [-0.05, 0) is 19.3 Å². The molecule has 4 heteroatoms. The maximum absolute atomic E-state index is 4.91. The van der Waals surface area contributed by atoms with Crippen LogP contribution in [0.25, 0.3) is 0 Å². The number of likely N-dealkylation sites (tertiary alicyclic amines) is 1. The van der Waals surface area contributed by atoms with Gasteiger partial charge >= 0.3 is 0 Å². The minimum Gasteiger partial charge on any atom is -0.358 e. The first-order valence-corrected chi connectivity index (χ1v) is 4.14. The van der Waals surface area contributed by atoms with Gasteiger partial charge in [0.25, 0.3) is 0 Å². The molecule has 1 aliphatic rings. The monoisotopic (exact) mass is 225 g/mol. The number of hydrogen-bond acceptors (Lipinski definition) is 1. The molecular formula is C6H11NS2Zn. The first-order chi connectivity index (χ1) is 4.30. The van der Waals surface area contributed by atoms with Crippen molar-refractivity contribution in [2.45, 2.75) is 19.3 Å². The fraction of sp³-hybridized carbons (Fsp3) is 0.833. The van der Waals surface area contributed by atoms with Gasteiger partial charge in [-0.3, -0.25) is 0 Å². The van der Waals surface area contributed by atoms with Gasteiger partial charge in [0.2, 0.25) is 0 Å². The summed E-state index contributed by atoms with van der Waals surface area (Å²) in [4.78, 5) is 2.15. The van der Waals surface area contributed by atoms with Crippen LogP contribution in [0.15, 0.2) is 0 Å². The molecule has 0 radical (unpaired) electrons. The normalized spacial score (nSPS) is 17.9. The van der Waals surface area contributed by atoms with Gasteiger partial charge in [-0.15, -0.1) is 12.6 Å². The maximum Gasteiger partial charge on any atom is 0.133 e. The van der Waals surface area contributed by atoms with E-state index in [4.69, 9.17) is 12.2 Å². The van der Waals surface area contributed by atoms with Gasteiger partial charge in [0, 0.05) is 32.6 Å². The number of rotatable bonds is 0. The second-order valence-electron chi connectivity index (χ2n) is 2.33. The van der Waals surface area contributed by atoms with Crippen LogP contribution >= 0.6 is 24.8 Å². The standard InChI is InChI=1S/C6H11NS2.Zn/c8-6(9)7-4-2-1-3-5-7;/h1-5H2,(H,8,9);. The molecule has 0 atom stereocenters. The van der Waals surface area contributed by atoms with E-state index in [1.807, 2.05) is 0 Å². The Kier molecular flexibility index (Phi) is 5.98. The summed E-state index contributed by atoms with van der Waals surface area (Å²) in [6.07, 6.45) is 3.91. The van der Waals surface area contributed by atoms with Crippen LogP contribution < -0.4 is 0 Å². The van der Waals surface area contributed by atoms with Gasteiger partial charge in [-0.2, -0.15) is 0 Å².